The molecule has 1 aromatic carbocycles. The van der Waals surface area contributed by atoms with Crippen LogP contribution in [0.5, 0.6) is 0 Å². The van der Waals surface area contributed by atoms with E-state index in [2.05, 4.69) is 0 Å². The number of carbonyl (C=O) groups is 1. The molecule has 0 spiro atoms. The van der Waals surface area contributed by atoms with Crippen molar-refractivity contribution in [2.24, 2.45) is 11.8 Å². The maximum Gasteiger partial charge on any atom is 0.413 e. The molecule has 19 heavy (non-hydrogen) atoms. The predicted molar refractivity (Wildman–Crippen MR) is 65.3 cm³/mol. The number of amides is 1. The molecule has 0 unspecified atom stereocenters. The van der Waals surface area contributed by atoms with Crippen LogP contribution in [-0.2, 0) is 4.79 Å². The van der Waals surface area contributed by atoms with Crippen LogP contribution >= 0.6 is 0 Å². The highest BCUT2D eigenvalue weighted by Gasteiger charge is 2.49. The van der Waals surface area contributed by atoms with Crippen molar-refractivity contribution in [1.29, 1.82) is 0 Å². The molecule has 2 nitrogen and oxygen atoms in total. The Morgan fingerprint density at radius 3 is 2.26 bits per heavy atom. The average molecular weight is 271 g/mol. The number of benzene rings is 1. The van der Waals surface area contributed by atoms with Crippen molar-refractivity contribution in [3.8, 4) is 0 Å². The summed E-state index contributed by atoms with van der Waals surface area (Å²) < 4.78 is 39.6. The quantitative estimate of drug-likeness (QED) is 0.825. The third-order valence-corrected chi connectivity index (χ3v) is 3.59. The standard InChI is InChI=1S/C14H16F3NO/c1-9-8-11(9)13(19)18(2)12(14(15,16)17)10-6-4-3-5-7-10/h3-7,9,11-12H,8H2,1-2H3/t9-,11-,12+/m1/s1. The van der Waals surface area contributed by atoms with E-state index in [0.717, 1.165) is 4.90 Å². The van der Waals surface area contributed by atoms with Crippen LogP contribution in [0.2, 0.25) is 0 Å². The Morgan fingerprint density at radius 2 is 1.84 bits per heavy atom. The van der Waals surface area contributed by atoms with Crippen LogP contribution in [0.3, 0.4) is 0 Å². The first-order chi connectivity index (χ1) is 8.82. The molecule has 0 heterocycles. The SMILES string of the molecule is C[C@@H]1C[C@H]1C(=O)N(C)[C@@H](c1ccccc1)C(F)(F)F. The van der Waals surface area contributed by atoms with Gasteiger partial charge in [0, 0.05) is 13.0 Å². The lowest BCUT2D eigenvalue weighted by Gasteiger charge is -2.30. The molecule has 3 atom stereocenters. The van der Waals surface area contributed by atoms with Crippen molar-refractivity contribution in [3.63, 3.8) is 0 Å². The molecule has 0 saturated heterocycles. The molecule has 0 N–H and O–H groups in total. The first kappa shape index (κ1) is 13.9. The zero-order valence-corrected chi connectivity index (χ0v) is 10.8. The van der Waals surface area contributed by atoms with Gasteiger partial charge in [0.15, 0.2) is 6.04 Å². The summed E-state index contributed by atoms with van der Waals surface area (Å²) in [6.07, 6.45) is -3.79. The third kappa shape index (κ3) is 2.91. The number of halogens is 3. The molecule has 0 aromatic heterocycles. The van der Waals surface area contributed by atoms with Crippen LogP contribution in [-0.4, -0.2) is 24.0 Å². The predicted octanol–water partition coefficient (Wildman–Crippen LogP) is 3.40. The fourth-order valence-corrected chi connectivity index (χ4v) is 2.32. The maximum absolute atomic E-state index is 13.2. The van der Waals surface area contributed by atoms with Crippen molar-refractivity contribution in [3.05, 3.63) is 35.9 Å². The van der Waals surface area contributed by atoms with Gasteiger partial charge in [0.1, 0.15) is 0 Å². The van der Waals surface area contributed by atoms with Gasteiger partial charge < -0.3 is 4.90 Å². The molecule has 2 rings (SSSR count). The summed E-state index contributed by atoms with van der Waals surface area (Å²) >= 11 is 0. The summed E-state index contributed by atoms with van der Waals surface area (Å²) in [5.74, 6) is -0.475. The maximum atomic E-state index is 13.2. The minimum Gasteiger partial charge on any atom is -0.330 e. The summed E-state index contributed by atoms with van der Waals surface area (Å²) in [5, 5.41) is 0. The van der Waals surface area contributed by atoms with Gasteiger partial charge in [0.2, 0.25) is 5.91 Å². The minimum atomic E-state index is -4.47. The van der Waals surface area contributed by atoms with E-state index in [0.29, 0.717) is 6.42 Å². The summed E-state index contributed by atoms with van der Waals surface area (Å²) in [4.78, 5) is 12.8. The zero-order chi connectivity index (χ0) is 14.2. The molecule has 1 fully saturated rings. The van der Waals surface area contributed by atoms with Crippen molar-refractivity contribution in [1.82, 2.24) is 4.90 Å². The Kier molecular flexibility index (Phi) is 3.56. The summed E-state index contributed by atoms with van der Waals surface area (Å²) in [6.45, 7) is 1.88. The zero-order valence-electron chi connectivity index (χ0n) is 10.8. The van der Waals surface area contributed by atoms with Crippen LogP contribution in [0.1, 0.15) is 24.9 Å². The summed E-state index contributed by atoms with van der Waals surface area (Å²) in [5.41, 5.74) is 0.0964. The van der Waals surface area contributed by atoms with E-state index in [9.17, 15) is 18.0 Å². The van der Waals surface area contributed by atoms with Crippen LogP contribution in [0.25, 0.3) is 0 Å². The van der Waals surface area contributed by atoms with Gasteiger partial charge >= 0.3 is 6.18 Å². The van der Waals surface area contributed by atoms with E-state index in [1.807, 2.05) is 6.92 Å². The lowest BCUT2D eigenvalue weighted by atomic mass is 10.0. The molecule has 104 valence electrons. The largest absolute Gasteiger partial charge is 0.413 e. The van der Waals surface area contributed by atoms with Crippen LogP contribution < -0.4 is 0 Å². The summed E-state index contributed by atoms with van der Waals surface area (Å²) in [6, 6.07) is 5.69. The van der Waals surface area contributed by atoms with E-state index >= 15 is 0 Å². The smallest absolute Gasteiger partial charge is 0.330 e. The van der Waals surface area contributed by atoms with E-state index < -0.39 is 18.1 Å². The Balaban J connectivity index is 2.26. The van der Waals surface area contributed by atoms with Gasteiger partial charge in [-0.25, -0.2) is 0 Å². The lowest BCUT2D eigenvalue weighted by molar-refractivity contribution is -0.189. The van der Waals surface area contributed by atoms with Crippen LogP contribution in [0, 0.1) is 11.8 Å². The molecule has 1 aromatic rings. The highest BCUT2D eigenvalue weighted by Crippen LogP contribution is 2.43. The van der Waals surface area contributed by atoms with Gasteiger partial charge in [-0.1, -0.05) is 37.3 Å². The second-order valence-electron chi connectivity index (χ2n) is 5.12. The Bertz CT molecular complexity index is 458. The van der Waals surface area contributed by atoms with Crippen molar-refractivity contribution < 1.29 is 18.0 Å². The highest BCUT2D eigenvalue weighted by molar-refractivity contribution is 5.81. The van der Waals surface area contributed by atoms with Gasteiger partial charge in [-0.15, -0.1) is 0 Å². The number of hydrogen-bond acceptors (Lipinski definition) is 1. The van der Waals surface area contributed by atoms with Gasteiger partial charge in [-0.3, -0.25) is 4.79 Å². The summed E-state index contributed by atoms with van der Waals surface area (Å²) in [7, 11) is 1.23. The number of hydrogen-bond donors (Lipinski definition) is 0. The molecule has 1 aliphatic rings. The Labute approximate surface area is 110 Å². The van der Waals surface area contributed by atoms with Gasteiger partial charge in [0.05, 0.1) is 0 Å². The molecule has 5 heteroatoms. The van der Waals surface area contributed by atoms with Crippen molar-refractivity contribution in [2.45, 2.75) is 25.6 Å². The topological polar surface area (TPSA) is 20.3 Å². The lowest BCUT2D eigenvalue weighted by Crippen LogP contribution is -2.40. The highest BCUT2D eigenvalue weighted by atomic mass is 19.4. The molecular weight excluding hydrogens is 255 g/mol. The number of nitrogens with zero attached hydrogens (tertiary/aromatic N) is 1. The van der Waals surface area contributed by atoms with Crippen LogP contribution in [0.4, 0.5) is 13.2 Å². The van der Waals surface area contributed by atoms with Gasteiger partial charge in [0.25, 0.3) is 0 Å². The number of carbonyl (C=O) groups excluding carboxylic acids is 1. The number of alkyl halides is 3. The fourth-order valence-electron chi connectivity index (χ4n) is 2.32. The average Bonchev–Trinajstić information content (AvgIpc) is 3.05. The first-order valence-electron chi connectivity index (χ1n) is 6.20. The van der Waals surface area contributed by atoms with Crippen molar-refractivity contribution >= 4 is 5.91 Å². The fraction of sp³-hybridized carbons (Fsp3) is 0.500. The second-order valence-corrected chi connectivity index (χ2v) is 5.12. The normalized spacial score (nSPS) is 23.8. The first-order valence-corrected chi connectivity index (χ1v) is 6.20. The molecular formula is C14H16F3NO. The molecule has 0 radical (unpaired) electrons. The van der Waals surface area contributed by atoms with Gasteiger partial charge in [-0.2, -0.15) is 13.2 Å². The van der Waals surface area contributed by atoms with E-state index in [-0.39, 0.29) is 17.4 Å². The molecule has 0 aliphatic heterocycles. The van der Waals surface area contributed by atoms with Gasteiger partial charge in [-0.05, 0) is 17.9 Å². The Morgan fingerprint density at radius 1 is 1.32 bits per heavy atom. The Hall–Kier alpha value is -1.52. The number of rotatable bonds is 3. The van der Waals surface area contributed by atoms with E-state index in [4.69, 9.17) is 0 Å². The third-order valence-electron chi connectivity index (χ3n) is 3.59. The molecule has 1 aliphatic carbocycles. The van der Waals surface area contributed by atoms with E-state index in [1.165, 1.54) is 19.2 Å². The van der Waals surface area contributed by atoms with E-state index in [1.54, 1.807) is 18.2 Å². The molecule has 1 amide bonds. The minimum absolute atomic E-state index is 0.0964. The van der Waals surface area contributed by atoms with Crippen LogP contribution in [0.15, 0.2) is 30.3 Å². The van der Waals surface area contributed by atoms with Crippen molar-refractivity contribution in [2.75, 3.05) is 7.05 Å². The molecule has 0 bridgehead atoms. The monoisotopic (exact) mass is 271 g/mol. The molecule has 1 saturated carbocycles. The second kappa shape index (κ2) is 4.87.